The lowest BCUT2D eigenvalue weighted by molar-refractivity contribution is 0.294. The molecular formula is C13H25N3. The van der Waals surface area contributed by atoms with Crippen molar-refractivity contribution >= 4 is 0 Å². The van der Waals surface area contributed by atoms with Crippen LogP contribution in [0.3, 0.4) is 0 Å². The lowest BCUT2D eigenvalue weighted by atomic mass is 9.88. The van der Waals surface area contributed by atoms with Crippen LogP contribution >= 0.6 is 0 Å². The van der Waals surface area contributed by atoms with Crippen LogP contribution in [0.15, 0.2) is 12.4 Å². The highest BCUT2D eigenvalue weighted by Crippen LogP contribution is 2.17. The predicted octanol–water partition coefficient (Wildman–Crippen LogP) is 2.61. The van der Waals surface area contributed by atoms with E-state index in [1.54, 1.807) is 0 Å². The molecule has 0 fully saturated rings. The minimum absolute atomic E-state index is 0.520. The van der Waals surface area contributed by atoms with E-state index >= 15 is 0 Å². The van der Waals surface area contributed by atoms with E-state index in [9.17, 15) is 0 Å². The number of imidazole rings is 1. The third kappa shape index (κ3) is 3.97. The van der Waals surface area contributed by atoms with Crippen molar-refractivity contribution in [2.45, 2.75) is 46.6 Å². The molecule has 3 heteroatoms. The van der Waals surface area contributed by atoms with E-state index in [-0.39, 0.29) is 0 Å². The van der Waals surface area contributed by atoms with Gasteiger partial charge in [0.1, 0.15) is 5.82 Å². The summed E-state index contributed by atoms with van der Waals surface area (Å²) in [5.74, 6) is 2.45. The summed E-state index contributed by atoms with van der Waals surface area (Å²) < 4.78 is 0. The zero-order valence-corrected chi connectivity index (χ0v) is 11.0. The number of nitrogens with one attached hydrogen (secondary N) is 2. The maximum Gasteiger partial charge on any atom is 0.107 e. The molecule has 2 N–H and O–H groups in total. The Hall–Kier alpha value is -0.830. The topological polar surface area (TPSA) is 40.7 Å². The smallest absolute Gasteiger partial charge is 0.107 e. The van der Waals surface area contributed by atoms with Crippen molar-refractivity contribution in [3.05, 3.63) is 18.2 Å². The highest BCUT2D eigenvalue weighted by Gasteiger charge is 2.20. The largest absolute Gasteiger partial charge is 0.349 e. The molecule has 1 aromatic rings. The van der Waals surface area contributed by atoms with Crippen LogP contribution in [0.5, 0.6) is 0 Å². The van der Waals surface area contributed by atoms with Crippen LogP contribution in [0.2, 0.25) is 0 Å². The molecule has 0 amide bonds. The molecule has 0 aliphatic carbocycles. The van der Waals surface area contributed by atoms with Crippen LogP contribution < -0.4 is 5.32 Å². The SMILES string of the molecule is CCCNC(Cc1ncc[nH]1)C(C)C(C)C. The summed E-state index contributed by atoms with van der Waals surface area (Å²) in [4.78, 5) is 7.50. The van der Waals surface area contributed by atoms with Gasteiger partial charge in [-0.1, -0.05) is 27.7 Å². The minimum Gasteiger partial charge on any atom is -0.349 e. The normalized spacial score (nSPS) is 15.3. The maximum absolute atomic E-state index is 4.31. The van der Waals surface area contributed by atoms with Gasteiger partial charge in [-0.3, -0.25) is 0 Å². The molecule has 1 rings (SSSR count). The predicted molar refractivity (Wildman–Crippen MR) is 68.4 cm³/mol. The molecule has 2 unspecified atom stereocenters. The lowest BCUT2D eigenvalue weighted by Gasteiger charge is -2.27. The zero-order valence-electron chi connectivity index (χ0n) is 11.0. The first-order valence-electron chi connectivity index (χ1n) is 6.36. The fourth-order valence-corrected chi connectivity index (χ4v) is 1.86. The molecule has 0 aromatic carbocycles. The lowest BCUT2D eigenvalue weighted by Crippen LogP contribution is -2.39. The number of aromatic amines is 1. The van der Waals surface area contributed by atoms with E-state index in [0.29, 0.717) is 17.9 Å². The van der Waals surface area contributed by atoms with E-state index in [2.05, 4.69) is 43.0 Å². The summed E-state index contributed by atoms with van der Waals surface area (Å²) in [6.45, 7) is 10.2. The second-order valence-corrected chi connectivity index (χ2v) is 4.90. The third-order valence-corrected chi connectivity index (χ3v) is 3.31. The Labute approximate surface area is 99.1 Å². The maximum atomic E-state index is 4.31. The molecule has 0 saturated heterocycles. The van der Waals surface area contributed by atoms with Gasteiger partial charge in [0.15, 0.2) is 0 Å². The van der Waals surface area contributed by atoms with Gasteiger partial charge in [0.25, 0.3) is 0 Å². The van der Waals surface area contributed by atoms with Gasteiger partial charge in [0.05, 0.1) is 0 Å². The Morgan fingerprint density at radius 2 is 2.12 bits per heavy atom. The van der Waals surface area contributed by atoms with E-state index < -0.39 is 0 Å². The van der Waals surface area contributed by atoms with Gasteiger partial charge < -0.3 is 10.3 Å². The van der Waals surface area contributed by atoms with Crippen molar-refractivity contribution in [1.82, 2.24) is 15.3 Å². The molecule has 92 valence electrons. The van der Waals surface area contributed by atoms with E-state index in [1.807, 2.05) is 12.4 Å². The number of rotatable bonds is 7. The molecular weight excluding hydrogens is 198 g/mol. The summed E-state index contributed by atoms with van der Waals surface area (Å²) in [5.41, 5.74) is 0. The van der Waals surface area contributed by atoms with Crippen LogP contribution in [0.1, 0.15) is 39.9 Å². The van der Waals surface area contributed by atoms with Crippen LogP contribution in [0.25, 0.3) is 0 Å². The Balaban J connectivity index is 2.56. The molecule has 16 heavy (non-hydrogen) atoms. The molecule has 3 nitrogen and oxygen atoms in total. The second kappa shape index (κ2) is 6.69. The average molecular weight is 223 g/mol. The van der Waals surface area contributed by atoms with Crippen LogP contribution in [-0.4, -0.2) is 22.6 Å². The fraction of sp³-hybridized carbons (Fsp3) is 0.769. The molecule has 1 aromatic heterocycles. The summed E-state index contributed by atoms with van der Waals surface area (Å²) >= 11 is 0. The number of aromatic nitrogens is 2. The number of hydrogen-bond acceptors (Lipinski definition) is 2. The average Bonchev–Trinajstić information content (AvgIpc) is 2.75. The van der Waals surface area contributed by atoms with Crippen molar-refractivity contribution in [3.63, 3.8) is 0 Å². The highest BCUT2D eigenvalue weighted by molar-refractivity contribution is 4.93. The van der Waals surface area contributed by atoms with Gasteiger partial charge in [-0.25, -0.2) is 4.98 Å². The first kappa shape index (κ1) is 13.2. The van der Waals surface area contributed by atoms with E-state index in [1.165, 1.54) is 6.42 Å². The standard InChI is InChI=1S/C13H25N3/c1-5-6-14-12(11(4)10(2)3)9-13-15-7-8-16-13/h7-8,10-12,14H,5-6,9H2,1-4H3,(H,15,16). The van der Waals surface area contributed by atoms with Crippen LogP contribution in [-0.2, 0) is 6.42 Å². The van der Waals surface area contributed by atoms with Gasteiger partial charge in [0, 0.05) is 24.9 Å². The van der Waals surface area contributed by atoms with Gasteiger partial charge in [-0.05, 0) is 24.8 Å². The summed E-state index contributed by atoms with van der Waals surface area (Å²) in [6, 6.07) is 0.520. The number of hydrogen-bond donors (Lipinski definition) is 2. The highest BCUT2D eigenvalue weighted by atomic mass is 14.9. The number of nitrogens with zero attached hydrogens (tertiary/aromatic N) is 1. The summed E-state index contributed by atoms with van der Waals surface area (Å²) in [5, 5.41) is 3.63. The van der Waals surface area contributed by atoms with Crippen LogP contribution in [0.4, 0.5) is 0 Å². The van der Waals surface area contributed by atoms with Gasteiger partial charge in [0.2, 0.25) is 0 Å². The first-order valence-corrected chi connectivity index (χ1v) is 6.36. The molecule has 0 saturated carbocycles. The Morgan fingerprint density at radius 3 is 2.62 bits per heavy atom. The molecule has 0 radical (unpaired) electrons. The molecule has 0 spiro atoms. The van der Waals surface area contributed by atoms with Crippen LogP contribution in [0, 0.1) is 11.8 Å². The first-order chi connectivity index (χ1) is 7.65. The number of H-pyrrole nitrogens is 1. The van der Waals surface area contributed by atoms with Gasteiger partial charge in [-0.2, -0.15) is 0 Å². The van der Waals surface area contributed by atoms with Gasteiger partial charge in [-0.15, -0.1) is 0 Å². The minimum atomic E-state index is 0.520. The molecule has 2 atom stereocenters. The van der Waals surface area contributed by atoms with E-state index in [0.717, 1.165) is 18.8 Å². The Bertz CT molecular complexity index is 267. The van der Waals surface area contributed by atoms with Crippen molar-refractivity contribution in [1.29, 1.82) is 0 Å². The molecule has 0 aliphatic heterocycles. The quantitative estimate of drug-likeness (QED) is 0.746. The van der Waals surface area contributed by atoms with Crippen molar-refractivity contribution in [2.24, 2.45) is 11.8 Å². The zero-order chi connectivity index (χ0) is 12.0. The summed E-state index contributed by atoms with van der Waals surface area (Å²) in [7, 11) is 0. The summed E-state index contributed by atoms with van der Waals surface area (Å²) in [6.07, 6.45) is 5.89. The van der Waals surface area contributed by atoms with Crippen molar-refractivity contribution < 1.29 is 0 Å². The molecule has 0 aliphatic rings. The van der Waals surface area contributed by atoms with Crippen molar-refractivity contribution in [3.8, 4) is 0 Å². The molecule has 0 bridgehead atoms. The molecule has 1 heterocycles. The van der Waals surface area contributed by atoms with Gasteiger partial charge >= 0.3 is 0 Å². The fourth-order valence-electron chi connectivity index (χ4n) is 1.86. The van der Waals surface area contributed by atoms with Crippen molar-refractivity contribution in [2.75, 3.05) is 6.54 Å². The second-order valence-electron chi connectivity index (χ2n) is 4.90. The Kier molecular flexibility index (Phi) is 5.53. The van der Waals surface area contributed by atoms with E-state index in [4.69, 9.17) is 0 Å². The third-order valence-electron chi connectivity index (χ3n) is 3.31. The monoisotopic (exact) mass is 223 g/mol. The Morgan fingerprint density at radius 1 is 1.38 bits per heavy atom.